The van der Waals surface area contributed by atoms with Crippen LogP contribution < -0.4 is 20.0 Å². The topological polar surface area (TPSA) is 458 Å². The summed E-state index contributed by atoms with van der Waals surface area (Å²) in [5, 5.41) is 92.5. The van der Waals surface area contributed by atoms with Gasteiger partial charge in [-0.25, -0.2) is 0 Å². The lowest BCUT2D eigenvalue weighted by molar-refractivity contribution is -0.282. The molecule has 0 spiro atoms. The number of hydrogen-bond acceptors (Lipinski definition) is 36. The third-order valence-corrected chi connectivity index (χ3v) is 21.5. The highest BCUT2D eigenvalue weighted by molar-refractivity contribution is 8.32. The molecule has 3 rings (SSSR count). The monoisotopic (exact) mass is 1500 g/mol. The van der Waals surface area contributed by atoms with Gasteiger partial charge in [-0.15, -0.1) is 0 Å². The third kappa shape index (κ3) is 33.6. The minimum Gasteiger partial charge on any atom is -0.780 e. The molecule has 0 radical (unpaired) electrons. The van der Waals surface area contributed by atoms with Crippen LogP contribution >= 0.6 is 27.0 Å². The Morgan fingerprint density at radius 2 is 0.828 bits per heavy atom. The van der Waals surface area contributed by atoms with E-state index in [0.29, 0.717) is 44.9 Å². The largest absolute Gasteiger partial charge is 0.780 e. The number of ether oxygens (including phenoxy) is 9. The van der Waals surface area contributed by atoms with Gasteiger partial charge in [0.2, 0.25) is 5.91 Å². The fourth-order valence-corrected chi connectivity index (χ4v) is 13.7. The van der Waals surface area contributed by atoms with Crippen molar-refractivity contribution < 1.29 is 149 Å². The van der Waals surface area contributed by atoms with E-state index in [1.165, 1.54) is 14.0 Å². The Balaban J connectivity index is 1.56. The minimum atomic E-state index is -3.97. The number of amides is 1. The maximum atomic E-state index is 13.0. The second-order valence-corrected chi connectivity index (χ2v) is 33.4. The van der Waals surface area contributed by atoms with Gasteiger partial charge < -0.3 is 157 Å². The predicted molar refractivity (Wildman–Crippen MR) is 338 cm³/mol. The number of unbranched alkanes of at least 4 members (excludes halogenated alkanes) is 3. The maximum Gasteiger partial charge on any atom is 0.217 e. The number of hydrogen-bond donors (Lipinski definition) is 10. The molecule has 3 fully saturated rings. The summed E-state index contributed by atoms with van der Waals surface area (Å²) in [7, 11) is 2.95. The first kappa shape index (κ1) is 88.0. The molecule has 0 saturated carbocycles. The number of likely N-dealkylation sites (N-methyl/N-ethyl adjacent to an activating group) is 1. The summed E-state index contributed by atoms with van der Waals surface area (Å²) in [6.07, 6.45) is -10.7. The highest BCUT2D eigenvalue weighted by Gasteiger charge is 2.46. The average molecular weight is 1500 g/mol. The molecule has 552 valence electrons. The fourth-order valence-electron chi connectivity index (χ4n) is 9.31. The first-order valence-corrected chi connectivity index (χ1v) is 41.0. The Morgan fingerprint density at radius 1 is 0.505 bits per heavy atom. The molecule has 3 saturated heterocycles. The molecule has 41 heteroatoms. The van der Waals surface area contributed by atoms with Crippen molar-refractivity contribution >= 4 is 80.5 Å². The Kier molecular flexibility index (Phi) is 43.9. The summed E-state index contributed by atoms with van der Waals surface area (Å²) in [5.41, 5.74) is -1.08. The van der Waals surface area contributed by atoms with E-state index in [2.05, 4.69) is 5.32 Å². The Morgan fingerprint density at radius 3 is 1.22 bits per heavy atom. The first-order valence-electron chi connectivity index (χ1n) is 30.7. The lowest BCUT2D eigenvalue weighted by Gasteiger charge is -2.42. The van der Waals surface area contributed by atoms with Gasteiger partial charge in [-0.1, -0.05) is 49.3 Å². The van der Waals surface area contributed by atoms with Crippen molar-refractivity contribution in [2.45, 2.75) is 170 Å². The van der Waals surface area contributed by atoms with Crippen LogP contribution in [0.2, 0.25) is 0 Å². The van der Waals surface area contributed by atoms with Crippen LogP contribution in [-0.4, -0.2) is 288 Å². The number of nitrogens with one attached hydrogen (secondary N) is 1. The highest BCUT2D eigenvalue weighted by Crippen LogP contribution is 2.46. The number of carbonyl (C=O) groups is 1. The molecule has 0 aromatic rings. The molecular weight excluding hydrogens is 1400 g/mol. The normalized spacial score (nSPS) is 30.3. The highest BCUT2D eigenvalue weighted by atomic mass is 32.7. The second-order valence-electron chi connectivity index (χ2n) is 22.3. The van der Waals surface area contributed by atoms with Crippen LogP contribution in [0.4, 0.5) is 0 Å². The van der Waals surface area contributed by atoms with Gasteiger partial charge in [-0.05, 0) is 71.3 Å². The van der Waals surface area contributed by atoms with E-state index in [9.17, 15) is 70.0 Å². The number of aliphatic hydroxyl groups is 9. The van der Waals surface area contributed by atoms with Crippen molar-refractivity contribution in [3.8, 4) is 0 Å². The van der Waals surface area contributed by atoms with E-state index in [0.717, 1.165) is 0 Å². The molecule has 10 N–H and O–H groups in total. The molecule has 1 amide bonds. The molecule has 93 heavy (non-hydrogen) atoms. The zero-order valence-electron chi connectivity index (χ0n) is 53.2. The first-order chi connectivity index (χ1) is 44.0. The van der Waals surface area contributed by atoms with Crippen LogP contribution in [-0.2, 0) is 136 Å². The predicted octanol–water partition coefficient (Wildman–Crippen LogP) is -2.08. The maximum absolute atomic E-state index is 13.0. The van der Waals surface area contributed by atoms with Gasteiger partial charge in [0.25, 0.3) is 0 Å². The van der Waals surface area contributed by atoms with E-state index in [-0.39, 0.29) is 132 Å². The summed E-state index contributed by atoms with van der Waals surface area (Å²) in [4.78, 5) is 52.0. The summed E-state index contributed by atoms with van der Waals surface area (Å²) < 4.78 is 108. The standard InChI is InChI=1S/C52H104N2O31P4S4/c1-36-43(59)45(61)39(30-55)83-49(36)73-20-6-9-23-77-87(66,91)80-27-13-17-70-33-52(54(4)16-12-26-76-86(65,90)69-5,34-71-18-14-28-81-88(67,92)78-24-10-7-21-74-50-37(2)44(60)46(62)40(31-56)84-50)35-72-19-15-29-82-89(68,93)79-25-11-8-22-75-51-42(53-38(3)58)48(64)47(63)41(32-57)85-51/h36-37,39-51,55-57,59-64H,6-35H2,1-5H3,(H,53,58)(H,65,90)(H,66,91)(H,67,92)(H,68,93)/p-4/t36?,37?,39?,40?,41?,42?,43-,44-,45+,46+,47+,48-,49-,50-,51-,52?,86?,87?,88?,89?/m1/s1. The van der Waals surface area contributed by atoms with E-state index in [1.54, 1.807) is 20.9 Å². The molecule has 0 aromatic carbocycles. The number of aliphatic hydroxyl groups excluding tert-OH is 9. The van der Waals surface area contributed by atoms with Crippen LogP contribution in [0.5, 0.6) is 0 Å². The van der Waals surface area contributed by atoms with Gasteiger partial charge in [0.05, 0.1) is 104 Å². The van der Waals surface area contributed by atoms with Crippen LogP contribution in [0.3, 0.4) is 0 Å². The number of nitrogens with zero attached hydrogens (tertiary/aromatic N) is 1. The molecule has 3 aliphatic rings. The van der Waals surface area contributed by atoms with E-state index in [1.807, 2.05) is 4.90 Å². The molecule has 0 bridgehead atoms. The zero-order valence-corrected chi connectivity index (χ0v) is 60.1. The van der Waals surface area contributed by atoms with Gasteiger partial charge in [0.15, 0.2) is 25.7 Å². The van der Waals surface area contributed by atoms with Crippen LogP contribution in [0.15, 0.2) is 0 Å². The second kappa shape index (κ2) is 46.4. The Hall–Kier alpha value is 0.800. The quantitative estimate of drug-likeness (QED) is 0.0178. The summed E-state index contributed by atoms with van der Waals surface area (Å²) >= 11 is 20.2. The fraction of sp³-hybridized carbons (Fsp3) is 0.981. The molecule has 0 aliphatic carbocycles. The Labute approximate surface area is 565 Å². The van der Waals surface area contributed by atoms with Crippen molar-refractivity contribution in [2.75, 3.05) is 146 Å². The molecule has 20 atom stereocenters. The van der Waals surface area contributed by atoms with Gasteiger partial charge in [-0.3, -0.25) is 14.3 Å². The Bertz CT molecular complexity index is 2160. The lowest BCUT2D eigenvalue weighted by Crippen LogP contribution is -2.64. The van der Waals surface area contributed by atoms with E-state index in [4.69, 9.17) is 126 Å². The molecular formula is C52H100N2O31P4S4-4. The number of rotatable bonds is 53. The molecule has 0 aromatic heterocycles. The van der Waals surface area contributed by atoms with Gasteiger partial charge in [0, 0.05) is 72.1 Å². The average Bonchev–Trinajstić information content (AvgIpc) is 0.862. The molecule has 33 nitrogen and oxygen atoms in total. The van der Waals surface area contributed by atoms with Crippen molar-refractivity contribution in [3.05, 3.63) is 0 Å². The minimum absolute atomic E-state index is 0.0185. The van der Waals surface area contributed by atoms with E-state index >= 15 is 0 Å². The van der Waals surface area contributed by atoms with Crippen LogP contribution in [0, 0.1) is 11.8 Å². The smallest absolute Gasteiger partial charge is 0.217 e. The van der Waals surface area contributed by atoms with Crippen LogP contribution in [0.1, 0.15) is 85.0 Å². The van der Waals surface area contributed by atoms with Crippen molar-refractivity contribution in [1.29, 1.82) is 0 Å². The summed E-state index contributed by atoms with van der Waals surface area (Å²) in [5.74, 6) is -1.63. The lowest BCUT2D eigenvalue weighted by atomic mass is 9.92. The summed E-state index contributed by atoms with van der Waals surface area (Å²) in [6.45, 7) is -12.4. The van der Waals surface area contributed by atoms with Crippen molar-refractivity contribution in [3.63, 3.8) is 0 Å². The number of carbonyl (C=O) groups excluding carboxylic acids is 1. The van der Waals surface area contributed by atoms with Gasteiger partial charge in [-0.2, -0.15) is 0 Å². The van der Waals surface area contributed by atoms with Crippen molar-refractivity contribution in [2.24, 2.45) is 11.8 Å². The van der Waals surface area contributed by atoms with Crippen LogP contribution in [0.25, 0.3) is 0 Å². The SMILES string of the molecule is COP([O-])(=S)OCCCN(C)C(COCCCOP(=O)([S-])OCCCCO[C@@H]1OC(CO)[C@H](O)[C@H](O)C1C)(COCCCOP([O-])(=S)OCCCCO[C@@H]1OC(CO)[C@H](O)[C@H](O)C1C)COCCCOP([O-])(=S)OCCCCO[C@@H]1OC(CO)[C@H](O)[C@H](O)C1NC(C)=O. The van der Waals surface area contributed by atoms with Gasteiger partial charge in [0.1, 0.15) is 68.9 Å². The third-order valence-electron chi connectivity index (χ3n) is 14.9. The molecule has 3 aliphatic heterocycles. The molecule has 3 heterocycles. The summed E-state index contributed by atoms with van der Waals surface area (Å²) in [6, 6.07) is -1.12. The van der Waals surface area contributed by atoms with Crippen molar-refractivity contribution in [1.82, 2.24) is 10.2 Å². The molecule has 11 unspecified atom stereocenters. The zero-order chi connectivity index (χ0) is 69.3. The van der Waals surface area contributed by atoms with E-state index < -0.39 is 150 Å². The van der Waals surface area contributed by atoms with Gasteiger partial charge >= 0.3 is 0 Å².